The molecular weight excluding hydrogens is 386 g/mol. The number of carbonyl (C=O) groups excluding carboxylic acids is 1. The number of likely N-dealkylation sites (tertiary alicyclic amines) is 1. The van der Waals surface area contributed by atoms with E-state index in [1.54, 1.807) is 0 Å². The lowest BCUT2D eigenvalue weighted by Crippen LogP contribution is -2.41. The molecule has 4 aliphatic rings. The minimum absolute atomic E-state index is 0.00338. The molecule has 4 nitrogen and oxygen atoms in total. The molecule has 5 rings (SSSR count). The number of rotatable bonds is 4. The van der Waals surface area contributed by atoms with Crippen molar-refractivity contribution in [2.45, 2.75) is 76.6 Å². The van der Waals surface area contributed by atoms with Gasteiger partial charge in [0.05, 0.1) is 11.5 Å². The molecule has 3 heterocycles. The Morgan fingerprint density at radius 1 is 1.13 bits per heavy atom. The van der Waals surface area contributed by atoms with Crippen LogP contribution in [-0.2, 0) is 20.7 Å². The van der Waals surface area contributed by atoms with Gasteiger partial charge in [-0.1, -0.05) is 42.0 Å². The second-order valence-electron chi connectivity index (χ2n) is 10.6. The molecular formula is C27H37NO3. The zero-order valence-electron chi connectivity index (χ0n) is 19.1. The number of carbonyl (C=O) groups is 1. The molecule has 3 saturated heterocycles. The summed E-state index contributed by atoms with van der Waals surface area (Å²) in [4.78, 5) is 15.5. The third-order valence-electron chi connectivity index (χ3n) is 8.27. The average molecular weight is 424 g/mol. The Morgan fingerprint density at radius 2 is 1.90 bits per heavy atom. The van der Waals surface area contributed by atoms with Crippen LogP contribution in [0.2, 0.25) is 0 Å². The van der Waals surface area contributed by atoms with Crippen LogP contribution in [0.15, 0.2) is 42.0 Å². The van der Waals surface area contributed by atoms with E-state index in [0.29, 0.717) is 0 Å². The molecule has 4 heteroatoms. The number of hydrogen-bond donors (Lipinski definition) is 0. The van der Waals surface area contributed by atoms with Crippen molar-refractivity contribution in [1.82, 2.24) is 4.90 Å². The molecule has 0 radical (unpaired) electrons. The maximum Gasteiger partial charge on any atom is 0.311 e. The first-order chi connectivity index (χ1) is 15.0. The van der Waals surface area contributed by atoms with Gasteiger partial charge in [-0.15, -0.1) is 0 Å². The van der Waals surface area contributed by atoms with E-state index in [1.165, 1.54) is 30.4 Å². The number of fused-ring (bicyclic) bond motifs is 3. The van der Waals surface area contributed by atoms with Crippen LogP contribution in [0.4, 0.5) is 0 Å². The molecule has 1 aromatic carbocycles. The Labute approximate surface area is 187 Å². The lowest BCUT2D eigenvalue weighted by atomic mass is 9.80. The molecule has 5 atom stereocenters. The predicted molar refractivity (Wildman–Crippen MR) is 122 cm³/mol. The summed E-state index contributed by atoms with van der Waals surface area (Å²) in [5, 5.41) is 0. The summed E-state index contributed by atoms with van der Waals surface area (Å²) in [5.41, 5.74) is 2.78. The van der Waals surface area contributed by atoms with Crippen LogP contribution in [0, 0.1) is 17.8 Å². The van der Waals surface area contributed by atoms with Crippen molar-refractivity contribution in [2.24, 2.45) is 17.8 Å². The van der Waals surface area contributed by atoms with E-state index in [9.17, 15) is 4.79 Å². The van der Waals surface area contributed by atoms with Gasteiger partial charge in [0, 0.05) is 12.5 Å². The standard InChI is InChI=1S/C27H37NO3/c1-19-7-6-14-27(2)25(31-27)24-22(11-10-19)23(26(29)30-24)18-28-15-12-21(13-16-28)17-20-8-4-3-5-9-20/h3-5,7-9,21-25H,6,10-18H2,1-2H3/t22-,23-,24-,25-,27+/m0/s1. The fourth-order valence-corrected chi connectivity index (χ4v) is 6.15. The highest BCUT2D eigenvalue weighted by Crippen LogP contribution is 2.50. The van der Waals surface area contributed by atoms with Gasteiger partial charge in [0.15, 0.2) is 0 Å². The molecule has 3 aliphatic heterocycles. The number of ether oxygens (including phenoxy) is 2. The van der Waals surface area contributed by atoms with Crippen molar-refractivity contribution in [1.29, 1.82) is 0 Å². The van der Waals surface area contributed by atoms with E-state index in [4.69, 9.17) is 9.47 Å². The van der Waals surface area contributed by atoms with E-state index in [0.717, 1.165) is 51.2 Å². The maximum atomic E-state index is 12.9. The molecule has 0 unspecified atom stereocenters. The van der Waals surface area contributed by atoms with Crippen molar-refractivity contribution < 1.29 is 14.3 Å². The van der Waals surface area contributed by atoms with Crippen molar-refractivity contribution in [3.63, 3.8) is 0 Å². The zero-order valence-corrected chi connectivity index (χ0v) is 19.1. The monoisotopic (exact) mass is 423 g/mol. The number of piperidine rings is 1. The lowest BCUT2D eigenvalue weighted by Gasteiger charge is -2.34. The molecule has 3 fully saturated rings. The number of esters is 1. The van der Waals surface area contributed by atoms with Crippen LogP contribution >= 0.6 is 0 Å². The van der Waals surface area contributed by atoms with Gasteiger partial charge in [0.1, 0.15) is 12.2 Å². The predicted octanol–water partition coefficient (Wildman–Crippen LogP) is 4.78. The highest BCUT2D eigenvalue weighted by atomic mass is 16.6. The second-order valence-corrected chi connectivity index (χ2v) is 10.6. The third kappa shape index (κ3) is 4.61. The van der Waals surface area contributed by atoms with Crippen LogP contribution < -0.4 is 0 Å². The van der Waals surface area contributed by atoms with Crippen LogP contribution in [0.5, 0.6) is 0 Å². The molecule has 0 aromatic heterocycles. The van der Waals surface area contributed by atoms with Gasteiger partial charge < -0.3 is 14.4 Å². The van der Waals surface area contributed by atoms with E-state index in [-0.39, 0.29) is 35.6 Å². The first-order valence-electron chi connectivity index (χ1n) is 12.3. The first-order valence-corrected chi connectivity index (χ1v) is 12.3. The van der Waals surface area contributed by atoms with E-state index < -0.39 is 0 Å². The number of allylic oxidation sites excluding steroid dienone is 2. The van der Waals surface area contributed by atoms with Gasteiger partial charge in [-0.3, -0.25) is 4.79 Å². The average Bonchev–Trinajstić information content (AvgIpc) is 3.34. The van der Waals surface area contributed by atoms with E-state index >= 15 is 0 Å². The van der Waals surface area contributed by atoms with Crippen molar-refractivity contribution in [2.75, 3.05) is 19.6 Å². The molecule has 1 aromatic rings. The van der Waals surface area contributed by atoms with Crippen LogP contribution in [-0.4, -0.2) is 48.3 Å². The van der Waals surface area contributed by atoms with Crippen LogP contribution in [0.25, 0.3) is 0 Å². The number of hydrogen-bond acceptors (Lipinski definition) is 4. The minimum atomic E-state index is -0.109. The summed E-state index contributed by atoms with van der Waals surface area (Å²) in [6.07, 6.45) is 10.2. The Hall–Kier alpha value is -1.65. The third-order valence-corrected chi connectivity index (χ3v) is 8.27. The summed E-state index contributed by atoms with van der Waals surface area (Å²) in [5.74, 6) is 1.04. The van der Waals surface area contributed by atoms with Crippen molar-refractivity contribution in [3.8, 4) is 0 Å². The Balaban J connectivity index is 1.21. The molecule has 0 saturated carbocycles. The Morgan fingerprint density at radius 3 is 2.68 bits per heavy atom. The van der Waals surface area contributed by atoms with Crippen LogP contribution in [0.1, 0.15) is 57.9 Å². The number of benzene rings is 1. The summed E-state index contributed by atoms with van der Waals surface area (Å²) in [7, 11) is 0. The molecule has 0 N–H and O–H groups in total. The summed E-state index contributed by atoms with van der Waals surface area (Å²) >= 11 is 0. The summed E-state index contributed by atoms with van der Waals surface area (Å²) in [6, 6.07) is 10.8. The molecule has 1 aliphatic carbocycles. The maximum absolute atomic E-state index is 12.9. The largest absolute Gasteiger partial charge is 0.459 e. The molecule has 31 heavy (non-hydrogen) atoms. The summed E-state index contributed by atoms with van der Waals surface area (Å²) in [6.45, 7) is 7.46. The Kier molecular flexibility index (Phi) is 5.96. The fourth-order valence-electron chi connectivity index (χ4n) is 6.15. The number of epoxide rings is 1. The van der Waals surface area contributed by atoms with Crippen molar-refractivity contribution in [3.05, 3.63) is 47.5 Å². The topological polar surface area (TPSA) is 42.1 Å². The second kappa shape index (κ2) is 8.71. The Bertz CT molecular complexity index is 813. The van der Waals surface area contributed by atoms with Gasteiger partial charge in [-0.25, -0.2) is 0 Å². The van der Waals surface area contributed by atoms with E-state index in [2.05, 4.69) is 55.2 Å². The molecule has 0 spiro atoms. The fraction of sp³-hybridized carbons (Fsp3) is 0.667. The molecule has 0 bridgehead atoms. The number of nitrogens with zero attached hydrogens (tertiary/aromatic N) is 1. The van der Waals surface area contributed by atoms with E-state index in [1.807, 2.05) is 0 Å². The quantitative estimate of drug-likeness (QED) is 0.397. The van der Waals surface area contributed by atoms with Gasteiger partial charge in [0.25, 0.3) is 0 Å². The van der Waals surface area contributed by atoms with Gasteiger partial charge >= 0.3 is 5.97 Å². The summed E-state index contributed by atoms with van der Waals surface area (Å²) < 4.78 is 12.1. The van der Waals surface area contributed by atoms with Gasteiger partial charge in [-0.05, 0) is 83.4 Å². The molecule has 0 amide bonds. The zero-order chi connectivity index (χ0) is 21.4. The van der Waals surface area contributed by atoms with Crippen molar-refractivity contribution >= 4 is 5.97 Å². The smallest absolute Gasteiger partial charge is 0.311 e. The SMILES string of the molecule is CC1=CCC[C@@]2(C)O[C@H]2[C@H]2OC(=O)[C@@H](CN3CCC(Cc4ccccc4)CC3)[C@@H]2CC1. The van der Waals surface area contributed by atoms with Crippen LogP contribution in [0.3, 0.4) is 0 Å². The normalized spacial score (nSPS) is 36.8. The minimum Gasteiger partial charge on any atom is -0.459 e. The molecule has 168 valence electrons. The highest BCUT2D eigenvalue weighted by Gasteiger charge is 2.62. The highest BCUT2D eigenvalue weighted by molar-refractivity contribution is 5.75. The van der Waals surface area contributed by atoms with Gasteiger partial charge in [-0.2, -0.15) is 0 Å². The van der Waals surface area contributed by atoms with Gasteiger partial charge in [0.2, 0.25) is 0 Å². The lowest BCUT2D eigenvalue weighted by molar-refractivity contribution is -0.145. The first kappa shape index (κ1) is 21.2.